The van der Waals surface area contributed by atoms with Crippen LogP contribution in [0.2, 0.25) is 0 Å². The molecule has 0 unspecified atom stereocenters. The maximum Gasteiger partial charge on any atom is 0.256 e. The lowest BCUT2D eigenvalue weighted by Gasteiger charge is -2.07. The molecule has 230 valence electrons. The number of nitrogens with zero attached hydrogens (tertiary/aromatic N) is 2. The van der Waals surface area contributed by atoms with Crippen LogP contribution in [-0.2, 0) is 19.5 Å². The normalized spacial score (nSPS) is 11.6. The second kappa shape index (κ2) is 28.7. The van der Waals surface area contributed by atoms with Crippen LogP contribution in [0.25, 0.3) is 0 Å². The number of aromatic nitrogens is 2. The van der Waals surface area contributed by atoms with Crippen molar-refractivity contribution < 1.29 is 4.57 Å². The van der Waals surface area contributed by atoms with Crippen molar-refractivity contribution in [1.82, 2.24) is 4.57 Å². The highest BCUT2D eigenvalue weighted by molar-refractivity contribution is 4.84. The summed E-state index contributed by atoms with van der Waals surface area (Å²) >= 11 is 0. The summed E-state index contributed by atoms with van der Waals surface area (Å²) in [4.78, 5) is 0. The topological polar surface area (TPSA) is 8.81 Å². The summed E-state index contributed by atoms with van der Waals surface area (Å²) in [7, 11) is 0. The zero-order valence-corrected chi connectivity index (χ0v) is 27.5. The van der Waals surface area contributed by atoms with Gasteiger partial charge in [-0.1, -0.05) is 168 Å². The summed E-state index contributed by atoms with van der Waals surface area (Å²) < 4.78 is 5.23. The lowest BCUT2D eigenvalue weighted by molar-refractivity contribution is -0.704. The molecule has 0 saturated heterocycles. The second-order valence-corrected chi connectivity index (χ2v) is 12.7. The van der Waals surface area contributed by atoms with E-state index in [1.165, 1.54) is 199 Å². The minimum Gasteiger partial charge on any atom is -0.234 e. The van der Waals surface area contributed by atoms with Crippen molar-refractivity contribution in [3.63, 3.8) is 0 Å². The molecule has 0 spiro atoms. The third-order valence-electron chi connectivity index (χ3n) is 8.85. The zero-order chi connectivity index (χ0) is 28.1. The molecule has 2 heteroatoms. The first-order valence-electron chi connectivity index (χ1n) is 18.4. The quantitative estimate of drug-likeness (QED) is 0.0648. The van der Waals surface area contributed by atoms with Crippen LogP contribution in [-0.4, -0.2) is 4.57 Å². The third kappa shape index (κ3) is 21.6. The molecular weight excluding hydrogens is 472 g/mol. The summed E-state index contributed by atoms with van der Waals surface area (Å²) in [6, 6.07) is 0. The van der Waals surface area contributed by atoms with Crippen LogP contribution >= 0.6 is 0 Å². The number of rotatable bonds is 31. The molecular formula is C37H73N2+. The van der Waals surface area contributed by atoms with Crippen LogP contribution in [0.4, 0.5) is 0 Å². The van der Waals surface area contributed by atoms with Crippen LogP contribution in [0.5, 0.6) is 0 Å². The summed E-state index contributed by atoms with van der Waals surface area (Å²) in [5.41, 5.74) is 0. The van der Waals surface area contributed by atoms with E-state index < -0.39 is 0 Å². The van der Waals surface area contributed by atoms with Gasteiger partial charge in [-0.05, 0) is 32.1 Å². The van der Waals surface area contributed by atoms with Crippen LogP contribution < -0.4 is 4.57 Å². The molecule has 1 aromatic heterocycles. The smallest absolute Gasteiger partial charge is 0.234 e. The van der Waals surface area contributed by atoms with Gasteiger partial charge in [-0.15, -0.1) is 0 Å². The Bertz CT molecular complexity index is 605. The molecule has 1 aromatic rings. The maximum atomic E-state index is 2.62. The van der Waals surface area contributed by atoms with E-state index in [1.807, 2.05) is 0 Å². The molecule has 0 atom stereocenters. The Morgan fingerprint density at radius 3 is 1.23 bits per heavy atom. The van der Waals surface area contributed by atoms with Gasteiger partial charge in [0.15, 0.2) is 0 Å². The first-order chi connectivity index (χ1) is 19.3. The predicted octanol–water partition coefficient (Wildman–Crippen LogP) is 12.3. The van der Waals surface area contributed by atoms with E-state index in [-0.39, 0.29) is 0 Å². The molecule has 0 aliphatic rings. The Morgan fingerprint density at radius 1 is 0.436 bits per heavy atom. The van der Waals surface area contributed by atoms with Gasteiger partial charge in [0.05, 0.1) is 13.1 Å². The Hall–Kier alpha value is -0.790. The molecule has 1 heterocycles. The van der Waals surface area contributed by atoms with Crippen molar-refractivity contribution in [2.24, 2.45) is 0 Å². The van der Waals surface area contributed by atoms with Gasteiger partial charge >= 0.3 is 0 Å². The molecule has 2 nitrogen and oxygen atoms in total. The van der Waals surface area contributed by atoms with Gasteiger partial charge in [0.25, 0.3) is 5.82 Å². The van der Waals surface area contributed by atoms with E-state index in [2.05, 4.69) is 42.3 Å². The molecule has 1 rings (SSSR count). The lowest BCUT2D eigenvalue weighted by atomic mass is 10.0. The van der Waals surface area contributed by atoms with Crippen molar-refractivity contribution in [1.29, 1.82) is 0 Å². The average Bonchev–Trinajstić information content (AvgIpc) is 3.33. The van der Waals surface area contributed by atoms with E-state index in [0.717, 1.165) is 0 Å². The summed E-state index contributed by atoms with van der Waals surface area (Å²) in [6.45, 7) is 9.39. The van der Waals surface area contributed by atoms with Crippen LogP contribution in [0.3, 0.4) is 0 Å². The maximum absolute atomic E-state index is 2.62. The van der Waals surface area contributed by atoms with Crippen LogP contribution in [0.1, 0.15) is 206 Å². The van der Waals surface area contributed by atoms with Gasteiger partial charge < -0.3 is 0 Å². The van der Waals surface area contributed by atoms with Crippen molar-refractivity contribution in [3.05, 3.63) is 18.2 Å². The third-order valence-corrected chi connectivity index (χ3v) is 8.85. The zero-order valence-electron chi connectivity index (χ0n) is 27.5. The van der Waals surface area contributed by atoms with Crippen molar-refractivity contribution in [3.8, 4) is 0 Å². The largest absolute Gasteiger partial charge is 0.256 e. The van der Waals surface area contributed by atoms with Crippen molar-refractivity contribution in [2.45, 2.75) is 220 Å². The fourth-order valence-corrected chi connectivity index (χ4v) is 6.15. The van der Waals surface area contributed by atoms with E-state index in [4.69, 9.17) is 0 Å². The SMILES string of the molecule is CCCCCCCCCCCCCCCCn1cc[n+](CCCCCCC)c1CCCCCCCCCCC. The minimum absolute atomic E-state index is 1.22. The molecule has 0 saturated carbocycles. The Labute approximate surface area is 247 Å². The number of hydrogen-bond acceptors (Lipinski definition) is 0. The van der Waals surface area contributed by atoms with Gasteiger partial charge in [-0.25, -0.2) is 9.13 Å². The first kappa shape index (κ1) is 36.2. The Kier molecular flexibility index (Phi) is 26.7. The van der Waals surface area contributed by atoms with E-state index in [9.17, 15) is 0 Å². The van der Waals surface area contributed by atoms with Crippen LogP contribution in [0, 0.1) is 0 Å². The molecule has 0 fully saturated rings. The van der Waals surface area contributed by atoms with Gasteiger partial charge in [0.2, 0.25) is 0 Å². The predicted molar refractivity (Wildman–Crippen MR) is 175 cm³/mol. The molecule has 39 heavy (non-hydrogen) atoms. The Morgan fingerprint density at radius 2 is 0.795 bits per heavy atom. The molecule has 0 radical (unpaired) electrons. The van der Waals surface area contributed by atoms with Gasteiger partial charge in [-0.2, -0.15) is 0 Å². The molecule has 0 aliphatic carbocycles. The monoisotopic (exact) mass is 546 g/mol. The fourth-order valence-electron chi connectivity index (χ4n) is 6.15. The van der Waals surface area contributed by atoms with Crippen LogP contribution in [0.15, 0.2) is 12.4 Å². The van der Waals surface area contributed by atoms with Gasteiger partial charge in [0.1, 0.15) is 12.4 Å². The molecule has 0 bridgehead atoms. The molecule has 0 N–H and O–H groups in total. The highest BCUT2D eigenvalue weighted by atomic mass is 15.1. The van der Waals surface area contributed by atoms with Gasteiger partial charge in [-0.3, -0.25) is 0 Å². The van der Waals surface area contributed by atoms with E-state index in [1.54, 1.807) is 5.82 Å². The summed E-state index contributed by atoms with van der Waals surface area (Å²) in [6.07, 6.45) is 45.9. The molecule has 0 aliphatic heterocycles. The molecule has 0 aromatic carbocycles. The number of hydrogen-bond donors (Lipinski definition) is 0. The van der Waals surface area contributed by atoms with E-state index >= 15 is 0 Å². The average molecular weight is 546 g/mol. The van der Waals surface area contributed by atoms with E-state index in [0.29, 0.717) is 0 Å². The standard InChI is InChI=1S/C37H73N2/c1-4-7-10-13-15-17-18-19-20-21-23-25-28-31-34-39-36-35-38(33-30-27-12-9-6-3)37(39)32-29-26-24-22-16-14-11-8-5-2/h35-36H,4-34H2,1-3H3/q+1. The highest BCUT2D eigenvalue weighted by Gasteiger charge is 2.16. The first-order valence-corrected chi connectivity index (χ1v) is 18.4. The Balaban J connectivity index is 2.23. The fraction of sp³-hybridized carbons (Fsp3) is 0.919. The number of imidazole rings is 1. The summed E-state index contributed by atoms with van der Waals surface area (Å²) in [5, 5.41) is 0. The highest BCUT2D eigenvalue weighted by Crippen LogP contribution is 2.15. The van der Waals surface area contributed by atoms with Gasteiger partial charge in [0, 0.05) is 6.42 Å². The van der Waals surface area contributed by atoms with Crippen molar-refractivity contribution >= 4 is 0 Å². The minimum atomic E-state index is 1.22. The van der Waals surface area contributed by atoms with Crippen molar-refractivity contribution in [2.75, 3.05) is 0 Å². The summed E-state index contributed by atoms with van der Waals surface area (Å²) in [5.74, 6) is 1.61. The lowest BCUT2D eigenvalue weighted by Crippen LogP contribution is -2.37. The second-order valence-electron chi connectivity index (χ2n) is 12.7. The number of aryl methyl sites for hydroxylation is 2. The number of unbranched alkanes of at least 4 members (excludes halogenated alkanes) is 25. The molecule has 0 amide bonds.